The van der Waals surface area contributed by atoms with Crippen LogP contribution in [0.1, 0.15) is 29.7 Å². The molecule has 2 aromatic heterocycles. The van der Waals surface area contributed by atoms with Gasteiger partial charge in [-0.3, -0.25) is 9.36 Å². The molecule has 0 unspecified atom stereocenters. The first-order valence-electron chi connectivity index (χ1n) is 9.05. The van der Waals surface area contributed by atoms with Crippen molar-refractivity contribution < 1.29 is 13.2 Å². The molecule has 0 atom stereocenters. The minimum atomic E-state index is -3.21. The van der Waals surface area contributed by atoms with Gasteiger partial charge in [-0.15, -0.1) is 11.3 Å². The summed E-state index contributed by atoms with van der Waals surface area (Å²) in [6, 6.07) is 0. The number of thioether (sulfide) groups is 1. The van der Waals surface area contributed by atoms with Crippen molar-refractivity contribution in [3.05, 3.63) is 20.8 Å². The number of aryl methyl sites for hydroxylation is 2. The number of fused-ring (bicyclic) bond motifs is 3. The zero-order chi connectivity index (χ0) is 19.4. The summed E-state index contributed by atoms with van der Waals surface area (Å²) < 4.78 is 32.3. The molecule has 0 aliphatic heterocycles. The lowest BCUT2D eigenvalue weighted by Gasteiger charge is -2.13. The molecule has 3 rings (SSSR count). The molecule has 0 aromatic carbocycles. The van der Waals surface area contributed by atoms with Crippen LogP contribution >= 0.6 is 23.1 Å². The first-order valence-corrected chi connectivity index (χ1v) is 12.5. The molecule has 0 fully saturated rings. The van der Waals surface area contributed by atoms with Gasteiger partial charge in [0.1, 0.15) is 4.83 Å². The molecule has 1 N–H and O–H groups in total. The first-order chi connectivity index (χ1) is 13.0. The summed E-state index contributed by atoms with van der Waals surface area (Å²) in [7, 11) is -0.188. The number of thiophene rings is 1. The molecule has 0 bridgehead atoms. The third kappa shape index (κ3) is 4.73. The van der Waals surface area contributed by atoms with E-state index in [-0.39, 0.29) is 11.3 Å². The molecular weight excluding hydrogens is 406 g/mol. The zero-order valence-corrected chi connectivity index (χ0v) is 18.1. The largest absolute Gasteiger partial charge is 0.383 e. The Labute approximate surface area is 167 Å². The van der Waals surface area contributed by atoms with Crippen LogP contribution in [0, 0.1) is 0 Å². The molecule has 0 saturated carbocycles. The van der Waals surface area contributed by atoms with Gasteiger partial charge >= 0.3 is 0 Å². The van der Waals surface area contributed by atoms with E-state index < -0.39 is 10.0 Å². The summed E-state index contributed by atoms with van der Waals surface area (Å²) in [5.41, 5.74) is 1.18. The predicted octanol–water partition coefficient (Wildman–Crippen LogP) is 2.01. The van der Waals surface area contributed by atoms with Gasteiger partial charge in [-0.2, -0.15) is 0 Å². The van der Waals surface area contributed by atoms with E-state index in [0.717, 1.165) is 29.5 Å². The predicted molar refractivity (Wildman–Crippen MR) is 111 cm³/mol. The van der Waals surface area contributed by atoms with Gasteiger partial charge in [0.25, 0.3) is 5.56 Å². The normalized spacial score (nSPS) is 14.6. The number of hydrogen-bond donors (Lipinski definition) is 1. The van der Waals surface area contributed by atoms with Gasteiger partial charge in [-0.25, -0.2) is 18.1 Å². The Kier molecular flexibility index (Phi) is 6.96. The fraction of sp³-hybridized carbons (Fsp3) is 0.647. The van der Waals surface area contributed by atoms with Crippen molar-refractivity contribution in [1.82, 2.24) is 14.3 Å². The average molecular weight is 432 g/mol. The highest BCUT2D eigenvalue weighted by atomic mass is 32.2. The second kappa shape index (κ2) is 9.04. The molecule has 27 heavy (non-hydrogen) atoms. The molecule has 1 aliphatic carbocycles. The summed E-state index contributed by atoms with van der Waals surface area (Å²) >= 11 is 3.07. The SMILES string of the molecule is CNS(=O)(=O)CCCSc1nc2sc3c(c2c(=O)n1CCOC)CCCC3. The fourth-order valence-corrected chi connectivity index (χ4v) is 6.40. The van der Waals surface area contributed by atoms with Crippen molar-refractivity contribution in [2.45, 2.75) is 43.8 Å². The molecule has 0 spiro atoms. The van der Waals surface area contributed by atoms with Crippen LogP contribution in [0.2, 0.25) is 0 Å². The zero-order valence-electron chi connectivity index (χ0n) is 15.6. The van der Waals surface area contributed by atoms with E-state index in [9.17, 15) is 13.2 Å². The van der Waals surface area contributed by atoms with Gasteiger partial charge in [-0.05, 0) is 44.7 Å². The van der Waals surface area contributed by atoms with Crippen LogP contribution in [0.15, 0.2) is 9.95 Å². The van der Waals surface area contributed by atoms with E-state index >= 15 is 0 Å². The number of aromatic nitrogens is 2. The number of nitrogens with one attached hydrogen (secondary N) is 1. The molecule has 150 valence electrons. The maximum Gasteiger partial charge on any atom is 0.263 e. The van der Waals surface area contributed by atoms with Crippen LogP contribution in [0.5, 0.6) is 0 Å². The lowest BCUT2D eigenvalue weighted by molar-refractivity contribution is 0.183. The summed E-state index contributed by atoms with van der Waals surface area (Å²) in [6.45, 7) is 0.876. The van der Waals surface area contributed by atoms with Gasteiger partial charge in [0.15, 0.2) is 5.16 Å². The van der Waals surface area contributed by atoms with Gasteiger partial charge in [0.05, 0.1) is 24.3 Å². The van der Waals surface area contributed by atoms with Crippen LogP contribution < -0.4 is 10.3 Å². The van der Waals surface area contributed by atoms with Crippen molar-refractivity contribution in [3.8, 4) is 0 Å². The van der Waals surface area contributed by atoms with E-state index in [0.29, 0.717) is 30.5 Å². The van der Waals surface area contributed by atoms with Crippen LogP contribution in [0.4, 0.5) is 0 Å². The fourth-order valence-electron chi connectivity index (χ4n) is 3.22. The molecule has 10 heteroatoms. The summed E-state index contributed by atoms with van der Waals surface area (Å²) in [5, 5.41) is 1.41. The maximum absolute atomic E-state index is 13.2. The number of methoxy groups -OCH3 is 1. The van der Waals surface area contributed by atoms with Crippen molar-refractivity contribution in [2.75, 3.05) is 32.3 Å². The quantitative estimate of drug-likeness (QED) is 0.371. The first kappa shape index (κ1) is 20.8. The van der Waals surface area contributed by atoms with Crippen LogP contribution in [-0.4, -0.2) is 50.2 Å². The number of rotatable bonds is 9. The highest BCUT2D eigenvalue weighted by Gasteiger charge is 2.22. The minimum Gasteiger partial charge on any atom is -0.383 e. The van der Waals surface area contributed by atoms with Crippen molar-refractivity contribution >= 4 is 43.3 Å². The highest BCUT2D eigenvalue weighted by Crippen LogP contribution is 2.34. The van der Waals surface area contributed by atoms with Crippen molar-refractivity contribution in [3.63, 3.8) is 0 Å². The molecule has 0 radical (unpaired) electrons. The number of nitrogens with zero attached hydrogens (tertiary/aromatic N) is 2. The minimum absolute atomic E-state index is 0.00166. The lowest BCUT2D eigenvalue weighted by Crippen LogP contribution is -2.26. The van der Waals surface area contributed by atoms with Crippen LogP contribution in [0.25, 0.3) is 10.2 Å². The molecule has 2 heterocycles. The monoisotopic (exact) mass is 431 g/mol. The van der Waals surface area contributed by atoms with Crippen molar-refractivity contribution in [1.29, 1.82) is 0 Å². The molecule has 0 saturated heterocycles. The molecular formula is C17H25N3O4S3. The summed E-state index contributed by atoms with van der Waals surface area (Å²) in [6.07, 6.45) is 4.75. The third-order valence-electron chi connectivity index (χ3n) is 4.66. The second-order valence-electron chi connectivity index (χ2n) is 6.46. The summed E-state index contributed by atoms with van der Waals surface area (Å²) in [5.74, 6) is 0.644. The molecule has 0 amide bonds. The van der Waals surface area contributed by atoms with E-state index in [1.54, 1.807) is 23.0 Å². The molecule has 2 aromatic rings. The van der Waals surface area contributed by atoms with Gasteiger partial charge in [-0.1, -0.05) is 11.8 Å². The average Bonchev–Trinajstić information content (AvgIpc) is 3.03. The second-order valence-corrected chi connectivity index (χ2v) is 10.7. The van der Waals surface area contributed by atoms with Gasteiger partial charge in [0.2, 0.25) is 10.0 Å². The van der Waals surface area contributed by atoms with E-state index in [1.807, 2.05) is 0 Å². The van der Waals surface area contributed by atoms with E-state index in [2.05, 4.69) is 4.72 Å². The Morgan fingerprint density at radius 2 is 2.11 bits per heavy atom. The van der Waals surface area contributed by atoms with E-state index in [1.165, 1.54) is 35.7 Å². The smallest absolute Gasteiger partial charge is 0.263 e. The third-order valence-corrected chi connectivity index (χ3v) is 8.35. The number of sulfonamides is 1. The number of hydrogen-bond acceptors (Lipinski definition) is 7. The Morgan fingerprint density at radius 3 is 2.85 bits per heavy atom. The Hall–Kier alpha value is -0.940. The Morgan fingerprint density at radius 1 is 1.33 bits per heavy atom. The van der Waals surface area contributed by atoms with Crippen LogP contribution in [-0.2, 0) is 34.1 Å². The Balaban J connectivity index is 1.89. The lowest BCUT2D eigenvalue weighted by atomic mass is 9.97. The molecule has 7 nitrogen and oxygen atoms in total. The van der Waals surface area contributed by atoms with Gasteiger partial charge in [0, 0.05) is 17.7 Å². The Bertz CT molecular complexity index is 966. The van der Waals surface area contributed by atoms with Gasteiger partial charge < -0.3 is 4.74 Å². The van der Waals surface area contributed by atoms with Crippen LogP contribution in [0.3, 0.4) is 0 Å². The highest BCUT2D eigenvalue weighted by molar-refractivity contribution is 7.99. The van der Waals surface area contributed by atoms with E-state index in [4.69, 9.17) is 9.72 Å². The topological polar surface area (TPSA) is 90.3 Å². The summed E-state index contributed by atoms with van der Waals surface area (Å²) in [4.78, 5) is 20.1. The number of ether oxygens (including phenoxy) is 1. The van der Waals surface area contributed by atoms with Crippen molar-refractivity contribution in [2.24, 2.45) is 0 Å². The maximum atomic E-state index is 13.2. The standard InChI is InChI=1S/C17H25N3O4S3/c1-18-27(22,23)11-5-10-25-17-19-15-14(16(21)20(17)8-9-24-2)12-6-3-4-7-13(12)26-15/h18H,3-11H2,1-2H3. The molecule has 1 aliphatic rings.